The van der Waals surface area contributed by atoms with E-state index in [0.717, 1.165) is 48.9 Å². The molecule has 4 N–H and O–H groups in total. The Balaban J connectivity index is 1.69. The summed E-state index contributed by atoms with van der Waals surface area (Å²) in [4.78, 5) is 9.07. The molecule has 1 aliphatic heterocycles. The van der Waals surface area contributed by atoms with Crippen LogP contribution in [0.2, 0.25) is 0 Å². The van der Waals surface area contributed by atoms with Crippen LogP contribution < -0.4 is 10.6 Å². The number of anilines is 2. The molecular formula is C17H26N6O2. The number of aliphatic hydroxyl groups is 1. The normalized spacial score (nSPS) is 17.0. The van der Waals surface area contributed by atoms with Gasteiger partial charge in [-0.3, -0.25) is 5.10 Å². The monoisotopic (exact) mass is 346 g/mol. The van der Waals surface area contributed by atoms with E-state index in [0.29, 0.717) is 25.0 Å². The molecule has 3 rings (SSSR count). The summed E-state index contributed by atoms with van der Waals surface area (Å²) in [6.07, 6.45) is 1.85. The number of aromatic nitrogens is 4. The fraction of sp³-hybridized carbons (Fsp3) is 0.588. The molecule has 0 radical (unpaired) electrons. The fourth-order valence-corrected chi connectivity index (χ4v) is 3.04. The average molecular weight is 346 g/mol. The molecule has 1 unspecified atom stereocenters. The van der Waals surface area contributed by atoms with E-state index in [2.05, 4.69) is 30.8 Å². The third-order valence-electron chi connectivity index (χ3n) is 4.45. The zero-order valence-corrected chi connectivity index (χ0v) is 14.8. The van der Waals surface area contributed by atoms with Crippen LogP contribution in [-0.4, -0.2) is 58.2 Å². The predicted octanol–water partition coefficient (Wildman–Crippen LogP) is 1.38. The van der Waals surface area contributed by atoms with Gasteiger partial charge in [0.05, 0.1) is 24.6 Å². The van der Waals surface area contributed by atoms with E-state index in [1.165, 1.54) is 5.56 Å². The van der Waals surface area contributed by atoms with Gasteiger partial charge in [0, 0.05) is 37.4 Å². The minimum absolute atomic E-state index is 0.0436. The minimum atomic E-state index is 0.0436. The Kier molecular flexibility index (Phi) is 5.83. The number of rotatable bonds is 8. The SMILES string of the molecule is Cc1n[nH]c(C)c1CCNc1cc(C2CCOC2)nc(NCCO)n1. The first-order chi connectivity index (χ1) is 12.2. The summed E-state index contributed by atoms with van der Waals surface area (Å²) < 4.78 is 5.48. The standard InChI is InChI=1S/C17H26N6O2/c1-11-14(12(2)23-22-11)3-5-18-16-9-15(13-4-8-25-10-13)20-17(21-16)19-6-7-24/h9,13,24H,3-8,10H2,1-2H3,(H,22,23)(H2,18,19,20,21). The van der Waals surface area contributed by atoms with Crippen LogP contribution >= 0.6 is 0 Å². The van der Waals surface area contributed by atoms with Crippen molar-refractivity contribution in [2.75, 3.05) is 43.5 Å². The van der Waals surface area contributed by atoms with Gasteiger partial charge in [0.15, 0.2) is 0 Å². The van der Waals surface area contributed by atoms with E-state index >= 15 is 0 Å². The lowest BCUT2D eigenvalue weighted by atomic mass is 10.0. The van der Waals surface area contributed by atoms with Gasteiger partial charge in [0.1, 0.15) is 5.82 Å². The number of aryl methyl sites for hydroxylation is 2. The van der Waals surface area contributed by atoms with Gasteiger partial charge < -0.3 is 20.5 Å². The molecule has 1 saturated heterocycles. The number of hydrogen-bond donors (Lipinski definition) is 4. The van der Waals surface area contributed by atoms with E-state index < -0.39 is 0 Å². The lowest BCUT2D eigenvalue weighted by Gasteiger charge is -2.13. The Bertz CT molecular complexity index is 677. The summed E-state index contributed by atoms with van der Waals surface area (Å²) in [7, 11) is 0. The van der Waals surface area contributed by atoms with E-state index in [1.54, 1.807) is 0 Å². The van der Waals surface area contributed by atoms with Crippen molar-refractivity contribution in [2.24, 2.45) is 0 Å². The number of aliphatic hydroxyl groups excluding tert-OH is 1. The summed E-state index contributed by atoms with van der Waals surface area (Å²) in [6, 6.07) is 2.00. The smallest absolute Gasteiger partial charge is 0.224 e. The van der Waals surface area contributed by atoms with Gasteiger partial charge in [0.25, 0.3) is 0 Å². The maximum atomic E-state index is 9.01. The van der Waals surface area contributed by atoms with Gasteiger partial charge in [-0.25, -0.2) is 4.98 Å². The number of hydrogen-bond acceptors (Lipinski definition) is 7. The molecular weight excluding hydrogens is 320 g/mol. The van der Waals surface area contributed by atoms with Crippen molar-refractivity contribution < 1.29 is 9.84 Å². The first-order valence-electron chi connectivity index (χ1n) is 8.73. The summed E-state index contributed by atoms with van der Waals surface area (Å²) in [5.41, 5.74) is 4.36. The van der Waals surface area contributed by atoms with Gasteiger partial charge in [-0.1, -0.05) is 0 Å². The second-order valence-electron chi connectivity index (χ2n) is 6.30. The summed E-state index contributed by atoms with van der Waals surface area (Å²) in [5, 5.41) is 22.7. The van der Waals surface area contributed by atoms with Gasteiger partial charge >= 0.3 is 0 Å². The summed E-state index contributed by atoms with van der Waals surface area (Å²) in [6.45, 7) is 6.75. The Morgan fingerprint density at radius 2 is 2.16 bits per heavy atom. The third kappa shape index (κ3) is 4.46. The van der Waals surface area contributed by atoms with E-state index in [4.69, 9.17) is 9.84 Å². The largest absolute Gasteiger partial charge is 0.395 e. The van der Waals surface area contributed by atoms with Crippen molar-refractivity contribution in [3.05, 3.63) is 28.7 Å². The van der Waals surface area contributed by atoms with Crippen LogP contribution in [0.5, 0.6) is 0 Å². The number of nitrogens with zero attached hydrogens (tertiary/aromatic N) is 3. The number of ether oxygens (including phenoxy) is 1. The second-order valence-corrected chi connectivity index (χ2v) is 6.30. The van der Waals surface area contributed by atoms with Gasteiger partial charge in [0.2, 0.25) is 5.95 Å². The van der Waals surface area contributed by atoms with Crippen molar-refractivity contribution >= 4 is 11.8 Å². The quantitative estimate of drug-likeness (QED) is 0.572. The lowest BCUT2D eigenvalue weighted by Crippen LogP contribution is -2.14. The molecule has 1 aliphatic rings. The first-order valence-corrected chi connectivity index (χ1v) is 8.73. The van der Waals surface area contributed by atoms with Crippen LogP contribution in [0, 0.1) is 13.8 Å². The molecule has 0 spiro atoms. The average Bonchev–Trinajstić information content (AvgIpc) is 3.25. The molecule has 2 aromatic rings. The molecule has 0 aliphatic carbocycles. The Morgan fingerprint density at radius 3 is 2.84 bits per heavy atom. The van der Waals surface area contributed by atoms with Crippen LogP contribution in [0.3, 0.4) is 0 Å². The molecule has 3 heterocycles. The van der Waals surface area contributed by atoms with E-state index in [9.17, 15) is 0 Å². The van der Waals surface area contributed by atoms with Gasteiger partial charge in [-0.15, -0.1) is 0 Å². The van der Waals surface area contributed by atoms with Crippen molar-refractivity contribution in [3.63, 3.8) is 0 Å². The van der Waals surface area contributed by atoms with Crippen LogP contribution in [0.1, 0.15) is 35.0 Å². The second kappa shape index (κ2) is 8.26. The molecule has 0 saturated carbocycles. The molecule has 0 bridgehead atoms. The van der Waals surface area contributed by atoms with Crippen molar-refractivity contribution in [1.29, 1.82) is 0 Å². The van der Waals surface area contributed by atoms with Crippen LogP contribution in [0.4, 0.5) is 11.8 Å². The third-order valence-corrected chi connectivity index (χ3v) is 4.45. The molecule has 25 heavy (non-hydrogen) atoms. The van der Waals surface area contributed by atoms with E-state index in [1.807, 2.05) is 19.9 Å². The lowest BCUT2D eigenvalue weighted by molar-refractivity contribution is 0.193. The van der Waals surface area contributed by atoms with Gasteiger partial charge in [-0.05, 0) is 32.3 Å². The highest BCUT2D eigenvalue weighted by molar-refractivity contribution is 5.43. The molecule has 136 valence electrons. The van der Waals surface area contributed by atoms with Crippen molar-refractivity contribution in [2.45, 2.75) is 32.6 Å². The van der Waals surface area contributed by atoms with Crippen LogP contribution in [-0.2, 0) is 11.2 Å². The Hall–Kier alpha value is -2.19. The molecule has 8 nitrogen and oxygen atoms in total. The Labute approximate surface area is 147 Å². The maximum absolute atomic E-state index is 9.01. The highest BCUT2D eigenvalue weighted by Crippen LogP contribution is 2.26. The van der Waals surface area contributed by atoms with Crippen LogP contribution in [0.15, 0.2) is 6.07 Å². The van der Waals surface area contributed by atoms with E-state index in [-0.39, 0.29) is 6.61 Å². The number of aromatic amines is 1. The highest BCUT2D eigenvalue weighted by Gasteiger charge is 2.20. The zero-order chi connectivity index (χ0) is 17.6. The first kappa shape index (κ1) is 17.6. The fourth-order valence-electron chi connectivity index (χ4n) is 3.04. The molecule has 0 amide bonds. The van der Waals surface area contributed by atoms with Gasteiger partial charge in [-0.2, -0.15) is 10.1 Å². The Morgan fingerprint density at radius 1 is 1.28 bits per heavy atom. The minimum Gasteiger partial charge on any atom is -0.395 e. The topological polar surface area (TPSA) is 108 Å². The molecule has 0 aromatic carbocycles. The molecule has 1 fully saturated rings. The van der Waals surface area contributed by atoms with Crippen molar-refractivity contribution in [3.8, 4) is 0 Å². The molecule has 1 atom stereocenters. The van der Waals surface area contributed by atoms with Crippen molar-refractivity contribution in [1.82, 2.24) is 20.2 Å². The zero-order valence-electron chi connectivity index (χ0n) is 14.8. The number of nitrogens with one attached hydrogen (secondary N) is 3. The maximum Gasteiger partial charge on any atom is 0.224 e. The molecule has 8 heteroatoms. The molecule has 2 aromatic heterocycles. The van der Waals surface area contributed by atoms with Crippen LogP contribution in [0.25, 0.3) is 0 Å². The predicted molar refractivity (Wildman–Crippen MR) is 96.0 cm³/mol. The summed E-state index contributed by atoms with van der Waals surface area (Å²) >= 11 is 0. The number of H-pyrrole nitrogens is 1. The highest BCUT2D eigenvalue weighted by atomic mass is 16.5. The summed E-state index contributed by atoms with van der Waals surface area (Å²) in [5.74, 6) is 1.63.